The van der Waals surface area contributed by atoms with Crippen LogP contribution in [0.25, 0.3) is 11.4 Å². The quantitative estimate of drug-likeness (QED) is 0.216. The molecule has 0 aliphatic heterocycles. The van der Waals surface area contributed by atoms with Crippen molar-refractivity contribution in [3.63, 3.8) is 0 Å². The SMILES string of the molecule is CCCc1ccc(OC(c2cccc(Cl)c2)c2nc(-c3ccc(Cn4cc[cH-]4)cc3)no2)cc1. The predicted molar refractivity (Wildman–Crippen MR) is 133 cm³/mol. The summed E-state index contributed by atoms with van der Waals surface area (Å²) >= 11 is 6.27. The Labute approximate surface area is 203 Å². The van der Waals surface area contributed by atoms with Crippen LogP contribution in [0.2, 0.25) is 5.02 Å². The van der Waals surface area contributed by atoms with E-state index >= 15 is 0 Å². The first-order valence-electron chi connectivity index (χ1n) is 11.4. The fourth-order valence-corrected chi connectivity index (χ4v) is 4.03. The minimum atomic E-state index is -0.579. The summed E-state index contributed by atoms with van der Waals surface area (Å²) in [6.07, 6.45) is 5.66. The Morgan fingerprint density at radius 2 is 1.79 bits per heavy atom. The molecule has 0 saturated carbocycles. The van der Waals surface area contributed by atoms with Gasteiger partial charge in [0.25, 0.3) is 5.89 Å². The molecule has 5 nitrogen and oxygen atoms in total. The van der Waals surface area contributed by atoms with Crippen LogP contribution in [0, 0.1) is 0 Å². The Hall–Kier alpha value is -3.70. The van der Waals surface area contributed by atoms with E-state index in [1.807, 2.05) is 67.0 Å². The third kappa shape index (κ3) is 5.10. The second-order valence-corrected chi connectivity index (χ2v) is 8.70. The lowest BCUT2D eigenvalue weighted by molar-refractivity contribution is 0.193. The maximum atomic E-state index is 6.34. The molecule has 0 aliphatic carbocycles. The lowest BCUT2D eigenvalue weighted by Gasteiger charge is -2.16. The lowest BCUT2D eigenvalue weighted by Crippen LogP contribution is -2.10. The van der Waals surface area contributed by atoms with E-state index in [0.29, 0.717) is 16.7 Å². The monoisotopic (exact) mass is 470 g/mol. The molecule has 1 atom stereocenters. The normalized spacial score (nSPS) is 12.1. The predicted octanol–water partition coefficient (Wildman–Crippen LogP) is 7.08. The van der Waals surface area contributed by atoms with Crippen molar-refractivity contribution >= 4 is 11.6 Å². The molecule has 0 radical (unpaired) electrons. The molecular weight excluding hydrogens is 446 g/mol. The van der Waals surface area contributed by atoms with Crippen LogP contribution in [0.4, 0.5) is 0 Å². The number of hydrogen-bond donors (Lipinski definition) is 0. The molecule has 0 amide bonds. The second kappa shape index (κ2) is 10.1. The van der Waals surface area contributed by atoms with Crippen LogP contribution in [0.15, 0.2) is 95.8 Å². The minimum absolute atomic E-state index is 0.374. The molecule has 0 spiro atoms. The summed E-state index contributed by atoms with van der Waals surface area (Å²) in [7, 11) is 0. The number of benzene rings is 3. The van der Waals surface area contributed by atoms with E-state index in [4.69, 9.17) is 20.9 Å². The first-order chi connectivity index (χ1) is 16.7. The fourth-order valence-electron chi connectivity index (χ4n) is 3.83. The van der Waals surface area contributed by atoms with Crippen molar-refractivity contribution in [3.05, 3.63) is 119 Å². The number of halogens is 1. The summed E-state index contributed by atoms with van der Waals surface area (Å²) < 4.78 is 14.1. The Bertz CT molecular complexity index is 1320. The molecule has 34 heavy (non-hydrogen) atoms. The highest BCUT2D eigenvalue weighted by atomic mass is 35.5. The number of aryl methyl sites for hydroxylation is 1. The number of hydrogen-bond acceptors (Lipinski definition) is 4. The van der Waals surface area contributed by atoms with Crippen LogP contribution < -0.4 is 4.74 Å². The van der Waals surface area contributed by atoms with E-state index < -0.39 is 6.10 Å². The third-order valence-electron chi connectivity index (χ3n) is 5.67. The van der Waals surface area contributed by atoms with Crippen molar-refractivity contribution in [2.45, 2.75) is 32.4 Å². The molecule has 2 heterocycles. The van der Waals surface area contributed by atoms with Crippen molar-refractivity contribution in [1.29, 1.82) is 0 Å². The van der Waals surface area contributed by atoms with Crippen LogP contribution in [0.1, 0.15) is 42.0 Å². The Kier molecular flexibility index (Phi) is 6.54. The second-order valence-electron chi connectivity index (χ2n) is 8.26. The van der Waals surface area contributed by atoms with Gasteiger partial charge >= 0.3 is 0 Å². The molecule has 5 aromatic rings. The fraction of sp³-hybridized carbons (Fsp3) is 0.179. The Morgan fingerprint density at radius 3 is 2.47 bits per heavy atom. The summed E-state index contributed by atoms with van der Waals surface area (Å²) in [5, 5.41) is 4.85. The molecular formula is C28H25ClN3O2-. The van der Waals surface area contributed by atoms with E-state index in [1.54, 1.807) is 0 Å². The molecule has 172 valence electrons. The third-order valence-corrected chi connectivity index (χ3v) is 5.90. The van der Waals surface area contributed by atoms with E-state index in [0.717, 1.165) is 36.3 Å². The van der Waals surface area contributed by atoms with E-state index in [-0.39, 0.29) is 0 Å². The first kappa shape index (κ1) is 22.1. The van der Waals surface area contributed by atoms with Crippen molar-refractivity contribution in [3.8, 4) is 17.1 Å². The van der Waals surface area contributed by atoms with Crippen molar-refractivity contribution < 1.29 is 9.26 Å². The highest BCUT2D eigenvalue weighted by Gasteiger charge is 2.24. The summed E-state index contributed by atoms with van der Waals surface area (Å²) in [6.45, 7) is 3.01. The van der Waals surface area contributed by atoms with Gasteiger partial charge in [0.2, 0.25) is 11.9 Å². The average molecular weight is 471 g/mol. The van der Waals surface area contributed by atoms with Gasteiger partial charge in [-0.3, -0.25) is 0 Å². The molecule has 6 heteroatoms. The number of rotatable bonds is 9. The highest BCUT2D eigenvalue weighted by Crippen LogP contribution is 2.31. The zero-order chi connectivity index (χ0) is 23.3. The zero-order valence-corrected chi connectivity index (χ0v) is 19.7. The maximum absolute atomic E-state index is 6.34. The first-order valence-corrected chi connectivity index (χ1v) is 11.8. The van der Waals surface area contributed by atoms with Gasteiger partial charge in [0.15, 0.2) is 0 Å². The van der Waals surface area contributed by atoms with Crippen molar-refractivity contribution in [2.75, 3.05) is 0 Å². The summed E-state index contributed by atoms with van der Waals surface area (Å²) in [6, 6.07) is 25.8. The maximum Gasteiger partial charge on any atom is 0.272 e. The molecule has 0 aliphatic rings. The van der Waals surface area contributed by atoms with E-state index in [9.17, 15) is 0 Å². The van der Waals surface area contributed by atoms with Gasteiger partial charge in [-0.1, -0.05) is 78.6 Å². The van der Waals surface area contributed by atoms with E-state index in [2.05, 4.69) is 45.9 Å². The highest BCUT2D eigenvalue weighted by molar-refractivity contribution is 6.30. The van der Waals surface area contributed by atoms with Crippen molar-refractivity contribution in [1.82, 2.24) is 14.7 Å². The van der Waals surface area contributed by atoms with E-state index in [1.165, 1.54) is 11.1 Å². The minimum Gasteiger partial charge on any atom is -0.476 e. The largest absolute Gasteiger partial charge is 0.476 e. The molecule has 0 bridgehead atoms. The van der Waals surface area contributed by atoms with Gasteiger partial charge in [-0.15, -0.1) is 18.5 Å². The molecule has 0 fully saturated rings. The number of aromatic nitrogens is 3. The molecule has 0 saturated heterocycles. The van der Waals surface area contributed by atoms with Gasteiger partial charge < -0.3 is 13.8 Å². The van der Waals surface area contributed by atoms with Crippen molar-refractivity contribution in [2.24, 2.45) is 0 Å². The van der Waals surface area contributed by atoms with Gasteiger partial charge in [-0.05, 0) is 41.8 Å². The zero-order valence-electron chi connectivity index (χ0n) is 18.9. The van der Waals surface area contributed by atoms with Gasteiger partial charge in [-0.2, -0.15) is 4.98 Å². The van der Waals surface area contributed by atoms with Crippen LogP contribution >= 0.6 is 11.6 Å². The topological polar surface area (TPSA) is 53.1 Å². The van der Waals surface area contributed by atoms with Gasteiger partial charge in [0.1, 0.15) is 5.75 Å². The van der Waals surface area contributed by atoms with Gasteiger partial charge in [-0.25, -0.2) is 0 Å². The van der Waals surface area contributed by atoms with Crippen LogP contribution in [-0.2, 0) is 13.0 Å². The molecule has 2 aromatic heterocycles. The molecule has 1 unspecified atom stereocenters. The van der Waals surface area contributed by atoms with Crippen LogP contribution in [-0.4, -0.2) is 14.7 Å². The smallest absolute Gasteiger partial charge is 0.272 e. The summed E-state index contributed by atoms with van der Waals surface area (Å²) in [5.41, 5.74) is 4.21. The van der Waals surface area contributed by atoms with Crippen LogP contribution in [0.3, 0.4) is 0 Å². The molecule has 0 N–H and O–H groups in total. The summed E-state index contributed by atoms with van der Waals surface area (Å²) in [4.78, 5) is 4.67. The van der Waals surface area contributed by atoms with Gasteiger partial charge in [0, 0.05) is 22.7 Å². The van der Waals surface area contributed by atoms with Crippen LogP contribution in [0.5, 0.6) is 5.75 Å². The average Bonchev–Trinajstić information content (AvgIpc) is 3.31. The van der Waals surface area contributed by atoms with Gasteiger partial charge in [0.05, 0.1) is 0 Å². The molecule has 5 rings (SSSR count). The number of nitrogens with zero attached hydrogens (tertiary/aromatic N) is 3. The number of ether oxygens (including phenoxy) is 1. The Morgan fingerprint density at radius 1 is 1.03 bits per heavy atom. The standard InChI is InChI=1S/C28H25ClN3O2/c1-2-5-20-10-14-25(15-11-20)33-26(23-6-3-7-24(29)18-23)28-30-27(31-34-28)22-12-8-21(9-13-22)19-32-16-4-17-32/h3-4,6-18,26H,2,5,19H2,1H3/q-1. The lowest BCUT2D eigenvalue weighted by atomic mass is 10.1. The summed E-state index contributed by atoms with van der Waals surface area (Å²) in [5.74, 6) is 1.62. The molecule has 3 aromatic carbocycles. The Balaban J connectivity index is 1.40.